The molecule has 0 fully saturated rings. The van der Waals surface area contributed by atoms with E-state index in [1.807, 2.05) is 30.5 Å². The number of fused-ring (bicyclic) bond motifs is 1. The number of nitrogens with zero attached hydrogens (tertiary/aromatic N) is 1. The number of carboxylic acid groups (broad SMARTS) is 1. The van der Waals surface area contributed by atoms with Crippen molar-refractivity contribution in [2.45, 2.75) is 38.8 Å². The van der Waals surface area contributed by atoms with Crippen molar-refractivity contribution in [2.75, 3.05) is 6.61 Å². The molecule has 1 aromatic carbocycles. The molecule has 0 aliphatic carbocycles. The number of para-hydroxylation sites is 1. The summed E-state index contributed by atoms with van der Waals surface area (Å²) >= 11 is 0. The Labute approximate surface area is 174 Å². The van der Waals surface area contributed by atoms with E-state index in [0.717, 1.165) is 16.5 Å². The smallest absolute Gasteiger partial charge is 0.408 e. The van der Waals surface area contributed by atoms with Crippen LogP contribution in [-0.2, 0) is 11.2 Å². The van der Waals surface area contributed by atoms with E-state index in [9.17, 15) is 9.59 Å². The highest BCUT2D eigenvalue weighted by atomic mass is 16.6. The number of carboxylic acids is 1. The van der Waals surface area contributed by atoms with Crippen LogP contribution in [0, 0.1) is 0 Å². The lowest BCUT2D eigenvalue weighted by Gasteiger charge is -2.24. The molecule has 2 heterocycles. The second-order valence-corrected chi connectivity index (χ2v) is 7.93. The van der Waals surface area contributed by atoms with E-state index in [1.165, 1.54) is 18.5 Å². The molecule has 8 heteroatoms. The fourth-order valence-electron chi connectivity index (χ4n) is 3.00. The average Bonchev–Trinajstić information content (AvgIpc) is 3.08. The first-order valence-electron chi connectivity index (χ1n) is 9.57. The van der Waals surface area contributed by atoms with Crippen molar-refractivity contribution in [3.8, 4) is 5.75 Å². The van der Waals surface area contributed by atoms with Crippen molar-refractivity contribution in [1.82, 2.24) is 15.3 Å². The van der Waals surface area contributed by atoms with Gasteiger partial charge in [-0.1, -0.05) is 18.2 Å². The zero-order valence-corrected chi connectivity index (χ0v) is 17.1. The number of rotatable bonds is 7. The average molecular weight is 411 g/mol. The van der Waals surface area contributed by atoms with Gasteiger partial charge in [0.05, 0.1) is 17.8 Å². The first-order valence-corrected chi connectivity index (χ1v) is 9.57. The second-order valence-electron chi connectivity index (χ2n) is 7.93. The van der Waals surface area contributed by atoms with E-state index >= 15 is 0 Å². The molecule has 0 saturated heterocycles. The van der Waals surface area contributed by atoms with Crippen molar-refractivity contribution in [3.63, 3.8) is 0 Å². The summed E-state index contributed by atoms with van der Waals surface area (Å²) in [5.74, 6) is -0.778. The van der Waals surface area contributed by atoms with Gasteiger partial charge in [-0.15, -0.1) is 0 Å². The van der Waals surface area contributed by atoms with Gasteiger partial charge in [-0.2, -0.15) is 0 Å². The van der Waals surface area contributed by atoms with Crippen molar-refractivity contribution in [2.24, 2.45) is 0 Å². The molecule has 1 atom stereocenters. The number of benzene rings is 1. The van der Waals surface area contributed by atoms with Crippen LogP contribution in [0.4, 0.5) is 4.79 Å². The minimum atomic E-state index is -1.09. The van der Waals surface area contributed by atoms with E-state index in [4.69, 9.17) is 14.6 Å². The molecule has 3 aromatic rings. The minimum Gasteiger partial charge on any atom is -0.490 e. The van der Waals surface area contributed by atoms with Gasteiger partial charge in [0.15, 0.2) is 0 Å². The quantitative estimate of drug-likeness (QED) is 0.545. The number of aromatic nitrogens is 2. The summed E-state index contributed by atoms with van der Waals surface area (Å²) in [7, 11) is 0. The second kappa shape index (κ2) is 8.86. The van der Waals surface area contributed by atoms with Crippen LogP contribution < -0.4 is 10.1 Å². The van der Waals surface area contributed by atoms with Crippen molar-refractivity contribution in [1.29, 1.82) is 0 Å². The summed E-state index contributed by atoms with van der Waals surface area (Å²) in [5, 5.41) is 13.0. The zero-order chi connectivity index (χ0) is 21.7. The molecule has 1 amide bonds. The van der Waals surface area contributed by atoms with Crippen molar-refractivity contribution < 1.29 is 24.2 Å². The maximum absolute atomic E-state index is 12.3. The predicted octanol–water partition coefficient (Wildman–Crippen LogP) is 3.78. The van der Waals surface area contributed by atoms with Crippen LogP contribution in [0.15, 0.2) is 48.9 Å². The summed E-state index contributed by atoms with van der Waals surface area (Å²) in [6, 6.07) is 8.88. The molecule has 0 radical (unpaired) electrons. The Balaban J connectivity index is 1.75. The number of pyridine rings is 1. The Morgan fingerprint density at radius 1 is 1.23 bits per heavy atom. The molecule has 158 valence electrons. The maximum atomic E-state index is 12.3. The largest absolute Gasteiger partial charge is 0.490 e. The van der Waals surface area contributed by atoms with E-state index in [0.29, 0.717) is 12.2 Å². The highest BCUT2D eigenvalue weighted by Gasteiger charge is 2.21. The van der Waals surface area contributed by atoms with E-state index in [-0.39, 0.29) is 12.2 Å². The number of aromatic carboxylic acids is 1. The van der Waals surface area contributed by atoms with Crippen LogP contribution in [0.2, 0.25) is 0 Å². The lowest BCUT2D eigenvalue weighted by atomic mass is 10.1. The molecule has 3 rings (SSSR count). The molecule has 8 nitrogen and oxygen atoms in total. The molecule has 0 aliphatic heterocycles. The third kappa shape index (κ3) is 5.73. The number of amides is 1. The summed E-state index contributed by atoms with van der Waals surface area (Å²) in [4.78, 5) is 30.6. The number of aromatic amines is 1. The topological polar surface area (TPSA) is 114 Å². The normalized spacial score (nSPS) is 12.4. The molecule has 0 aliphatic rings. The molecule has 30 heavy (non-hydrogen) atoms. The van der Waals surface area contributed by atoms with Crippen LogP contribution in [0.3, 0.4) is 0 Å². The zero-order valence-electron chi connectivity index (χ0n) is 17.1. The molecule has 0 unspecified atom stereocenters. The Bertz CT molecular complexity index is 1040. The van der Waals surface area contributed by atoms with Gasteiger partial charge in [0, 0.05) is 23.3 Å². The maximum Gasteiger partial charge on any atom is 0.408 e. The van der Waals surface area contributed by atoms with E-state index in [2.05, 4.69) is 15.3 Å². The van der Waals surface area contributed by atoms with E-state index < -0.39 is 23.7 Å². The lowest BCUT2D eigenvalue weighted by molar-refractivity contribution is 0.0487. The van der Waals surface area contributed by atoms with Crippen LogP contribution >= 0.6 is 0 Å². The number of hydrogen-bond acceptors (Lipinski definition) is 5. The van der Waals surface area contributed by atoms with Gasteiger partial charge in [-0.05, 0) is 44.9 Å². The number of carbonyl (C=O) groups is 2. The Hall–Kier alpha value is -3.55. The Morgan fingerprint density at radius 3 is 2.73 bits per heavy atom. The lowest BCUT2D eigenvalue weighted by Crippen LogP contribution is -2.43. The monoisotopic (exact) mass is 411 g/mol. The number of carbonyl (C=O) groups excluding carboxylic acids is 1. The number of ether oxygens (including phenoxy) is 2. The summed E-state index contributed by atoms with van der Waals surface area (Å²) in [6.45, 7) is 5.49. The molecule has 2 aromatic heterocycles. The number of hydrogen-bond donors (Lipinski definition) is 3. The third-order valence-electron chi connectivity index (χ3n) is 4.27. The molecule has 0 bridgehead atoms. The first-order chi connectivity index (χ1) is 14.2. The first kappa shape index (κ1) is 21.2. The highest BCUT2D eigenvalue weighted by molar-refractivity contribution is 5.87. The van der Waals surface area contributed by atoms with Gasteiger partial charge in [-0.25, -0.2) is 9.59 Å². The standard InChI is InChI=1S/C22H25N3O5/c1-22(2,3)30-21(28)25-16(8-14-11-24-19-7-5-4-6-18(14)19)13-29-17-9-15(20(26)27)10-23-12-17/h4-7,9-12,16,24H,8,13H2,1-3H3,(H,25,28)(H,26,27)/t16-/m1/s1. The van der Waals surface area contributed by atoms with E-state index in [1.54, 1.807) is 20.8 Å². The van der Waals surface area contributed by atoms with Gasteiger partial charge in [0.2, 0.25) is 0 Å². The SMILES string of the molecule is CC(C)(C)OC(=O)N[C@@H](COc1cncc(C(=O)O)c1)Cc1c[nH]c2ccccc12. The van der Waals surface area contributed by atoms with Gasteiger partial charge >= 0.3 is 12.1 Å². The fourth-order valence-corrected chi connectivity index (χ4v) is 3.00. The van der Waals surface area contributed by atoms with Crippen molar-refractivity contribution >= 4 is 23.0 Å². The molecule has 0 spiro atoms. The van der Waals surface area contributed by atoms with Crippen LogP contribution in [0.25, 0.3) is 10.9 Å². The molecular formula is C22H25N3O5. The summed E-state index contributed by atoms with van der Waals surface area (Å²) in [6.07, 6.45) is 4.53. The van der Waals surface area contributed by atoms with Gasteiger partial charge in [0.25, 0.3) is 0 Å². The van der Waals surface area contributed by atoms with Crippen LogP contribution in [-0.4, -0.2) is 45.4 Å². The van der Waals surface area contributed by atoms with Gasteiger partial charge in [-0.3, -0.25) is 4.98 Å². The third-order valence-corrected chi connectivity index (χ3v) is 4.27. The number of nitrogens with one attached hydrogen (secondary N) is 2. The minimum absolute atomic E-state index is 0.0285. The molecular weight excluding hydrogens is 386 g/mol. The van der Waals surface area contributed by atoms with Gasteiger partial charge < -0.3 is 24.9 Å². The Morgan fingerprint density at radius 2 is 2.00 bits per heavy atom. The summed E-state index contributed by atoms with van der Waals surface area (Å²) in [5.41, 5.74) is 1.42. The predicted molar refractivity (Wildman–Crippen MR) is 112 cm³/mol. The molecule has 3 N–H and O–H groups in total. The number of alkyl carbamates (subject to hydrolysis) is 1. The van der Waals surface area contributed by atoms with Crippen molar-refractivity contribution in [3.05, 3.63) is 60.0 Å². The highest BCUT2D eigenvalue weighted by Crippen LogP contribution is 2.20. The molecule has 0 saturated carbocycles. The Kier molecular flexibility index (Phi) is 6.25. The summed E-state index contributed by atoms with van der Waals surface area (Å²) < 4.78 is 11.1. The fraction of sp³-hybridized carbons (Fsp3) is 0.318. The van der Waals surface area contributed by atoms with Crippen LogP contribution in [0.1, 0.15) is 36.7 Å². The van der Waals surface area contributed by atoms with Gasteiger partial charge in [0.1, 0.15) is 18.0 Å². The number of H-pyrrole nitrogens is 1. The van der Waals surface area contributed by atoms with Crippen LogP contribution in [0.5, 0.6) is 5.75 Å².